The third kappa shape index (κ3) is 4.33. The molecule has 1 saturated heterocycles. The van der Waals surface area contributed by atoms with E-state index in [0.717, 1.165) is 16.3 Å². The van der Waals surface area contributed by atoms with Crippen LogP contribution in [0.1, 0.15) is 48.1 Å². The van der Waals surface area contributed by atoms with E-state index in [-0.39, 0.29) is 24.1 Å². The molecule has 2 atom stereocenters. The molecule has 32 heavy (non-hydrogen) atoms. The number of benzene rings is 1. The van der Waals surface area contributed by atoms with Gasteiger partial charge in [0, 0.05) is 19.2 Å². The number of methoxy groups -OCH3 is 1. The van der Waals surface area contributed by atoms with E-state index in [4.69, 9.17) is 14.7 Å². The van der Waals surface area contributed by atoms with Crippen LogP contribution in [0.25, 0.3) is 10.6 Å². The van der Waals surface area contributed by atoms with E-state index in [2.05, 4.69) is 11.1 Å². The number of aromatic nitrogens is 1. The molecule has 0 spiro atoms. The summed E-state index contributed by atoms with van der Waals surface area (Å²) in [6.07, 6.45) is 0.242. The lowest BCUT2D eigenvalue weighted by molar-refractivity contribution is 0.0140. The van der Waals surface area contributed by atoms with Gasteiger partial charge in [-0.2, -0.15) is 5.26 Å². The minimum atomic E-state index is -0.594. The van der Waals surface area contributed by atoms with Gasteiger partial charge in [0.1, 0.15) is 15.5 Å². The standard InChI is InChI=1S/C23H26N4O4S/c1-23(2,3)31-22(29)27-11-16(9-17(27)13-30-4)26-12-18-19(21(26)28)32-20(25-18)15-7-5-6-14(8-15)10-24/h5-8,16-17H,9,11-13H2,1-4H3/t16-,17+/m1/s1. The van der Waals surface area contributed by atoms with Crippen LogP contribution >= 0.6 is 11.3 Å². The number of fused-ring (bicyclic) bond motifs is 1. The summed E-state index contributed by atoms with van der Waals surface area (Å²) in [5.41, 5.74) is 1.54. The fourth-order valence-corrected chi connectivity index (χ4v) is 5.17. The quantitative estimate of drug-likeness (QED) is 0.700. The van der Waals surface area contributed by atoms with Crippen LogP contribution in [0.15, 0.2) is 24.3 Å². The van der Waals surface area contributed by atoms with Crippen molar-refractivity contribution in [2.24, 2.45) is 0 Å². The van der Waals surface area contributed by atoms with Gasteiger partial charge < -0.3 is 19.3 Å². The van der Waals surface area contributed by atoms with Crippen molar-refractivity contribution >= 4 is 23.3 Å². The molecule has 2 aromatic rings. The SMILES string of the molecule is COC[C@@H]1C[C@@H](N2Cc3nc(-c4cccc(C#N)c4)sc3C2=O)CN1C(=O)OC(C)(C)C. The van der Waals surface area contributed by atoms with Crippen LogP contribution in [0.5, 0.6) is 0 Å². The first-order chi connectivity index (χ1) is 15.2. The number of ether oxygens (including phenoxy) is 2. The highest BCUT2D eigenvalue weighted by Gasteiger charge is 2.44. The molecule has 3 heterocycles. The third-order valence-corrected chi connectivity index (χ3v) is 6.67. The summed E-state index contributed by atoms with van der Waals surface area (Å²) in [5.74, 6) is -0.0626. The molecule has 0 radical (unpaired) electrons. The summed E-state index contributed by atoms with van der Waals surface area (Å²) < 4.78 is 10.9. The van der Waals surface area contributed by atoms with E-state index in [0.29, 0.717) is 36.6 Å². The molecule has 1 aromatic carbocycles. The lowest BCUT2D eigenvalue weighted by Gasteiger charge is -2.28. The molecule has 0 unspecified atom stereocenters. The minimum Gasteiger partial charge on any atom is -0.444 e. The number of carbonyl (C=O) groups is 2. The normalized spacial score (nSPS) is 20.4. The van der Waals surface area contributed by atoms with Crippen LogP contribution in [0, 0.1) is 11.3 Å². The van der Waals surface area contributed by atoms with Crippen LogP contribution in [0.2, 0.25) is 0 Å². The Bertz CT molecular complexity index is 1080. The second-order valence-corrected chi connectivity index (χ2v) is 10.1. The first kappa shape index (κ1) is 22.2. The Hall–Kier alpha value is -2.96. The predicted molar refractivity (Wildman–Crippen MR) is 119 cm³/mol. The molecule has 168 valence electrons. The van der Waals surface area contributed by atoms with Gasteiger partial charge in [0.2, 0.25) is 0 Å². The third-order valence-electron chi connectivity index (χ3n) is 5.53. The van der Waals surface area contributed by atoms with E-state index in [1.807, 2.05) is 32.9 Å². The maximum Gasteiger partial charge on any atom is 0.410 e. The van der Waals surface area contributed by atoms with Crippen molar-refractivity contribution in [3.8, 4) is 16.6 Å². The maximum atomic E-state index is 13.2. The molecular weight excluding hydrogens is 428 g/mol. The topological polar surface area (TPSA) is 95.8 Å². The first-order valence-corrected chi connectivity index (χ1v) is 11.3. The summed E-state index contributed by atoms with van der Waals surface area (Å²) in [4.78, 5) is 34.7. The molecule has 1 aromatic heterocycles. The molecule has 0 aliphatic carbocycles. The second kappa shape index (κ2) is 8.52. The highest BCUT2D eigenvalue weighted by atomic mass is 32.1. The van der Waals surface area contributed by atoms with E-state index < -0.39 is 5.60 Å². The minimum absolute atomic E-state index is 0.0626. The molecular formula is C23H26N4O4S. The van der Waals surface area contributed by atoms with Crippen molar-refractivity contribution in [2.45, 2.75) is 51.4 Å². The Morgan fingerprint density at radius 3 is 2.81 bits per heavy atom. The highest BCUT2D eigenvalue weighted by Crippen LogP contribution is 2.37. The summed E-state index contributed by atoms with van der Waals surface area (Å²) in [7, 11) is 1.60. The van der Waals surface area contributed by atoms with Gasteiger partial charge >= 0.3 is 6.09 Å². The Morgan fingerprint density at radius 2 is 2.16 bits per heavy atom. The van der Waals surface area contributed by atoms with Crippen molar-refractivity contribution in [1.29, 1.82) is 5.26 Å². The zero-order valence-electron chi connectivity index (χ0n) is 18.6. The predicted octanol–water partition coefficient (Wildman–Crippen LogP) is 3.66. The number of likely N-dealkylation sites (tertiary alicyclic amines) is 1. The monoisotopic (exact) mass is 454 g/mol. The van der Waals surface area contributed by atoms with Gasteiger partial charge in [-0.15, -0.1) is 11.3 Å². The molecule has 4 rings (SSSR count). The van der Waals surface area contributed by atoms with Gasteiger partial charge in [-0.05, 0) is 39.3 Å². The lowest BCUT2D eigenvalue weighted by atomic mass is 10.1. The lowest BCUT2D eigenvalue weighted by Crippen LogP contribution is -2.43. The van der Waals surface area contributed by atoms with Gasteiger partial charge in [-0.25, -0.2) is 9.78 Å². The highest BCUT2D eigenvalue weighted by molar-refractivity contribution is 7.17. The molecule has 1 fully saturated rings. The summed E-state index contributed by atoms with van der Waals surface area (Å²) in [5, 5.41) is 9.87. The van der Waals surface area contributed by atoms with Crippen molar-refractivity contribution in [3.63, 3.8) is 0 Å². The number of nitriles is 1. The Labute approximate surface area is 191 Å². The summed E-state index contributed by atoms with van der Waals surface area (Å²) in [6, 6.07) is 9.08. The smallest absolute Gasteiger partial charge is 0.410 e. The molecule has 2 aliphatic rings. The van der Waals surface area contributed by atoms with Gasteiger partial charge in [-0.3, -0.25) is 4.79 Å². The maximum absolute atomic E-state index is 13.2. The number of hydrogen-bond donors (Lipinski definition) is 0. The summed E-state index contributed by atoms with van der Waals surface area (Å²) >= 11 is 1.35. The molecule has 0 bridgehead atoms. The fraction of sp³-hybridized carbons (Fsp3) is 0.478. The first-order valence-electron chi connectivity index (χ1n) is 10.5. The van der Waals surface area contributed by atoms with Crippen molar-refractivity contribution in [3.05, 3.63) is 40.4 Å². The average Bonchev–Trinajstić information content (AvgIpc) is 3.41. The zero-order chi connectivity index (χ0) is 23.0. The van der Waals surface area contributed by atoms with E-state index in [1.165, 1.54) is 11.3 Å². The number of carbonyl (C=O) groups excluding carboxylic acids is 2. The number of nitrogens with zero attached hydrogens (tertiary/aromatic N) is 4. The Kier molecular flexibility index (Phi) is 5.93. The van der Waals surface area contributed by atoms with Gasteiger partial charge in [0.25, 0.3) is 5.91 Å². The number of hydrogen-bond acceptors (Lipinski definition) is 7. The van der Waals surface area contributed by atoms with Crippen LogP contribution in [0.3, 0.4) is 0 Å². The van der Waals surface area contributed by atoms with Crippen molar-refractivity contribution in [2.75, 3.05) is 20.3 Å². The van der Waals surface area contributed by atoms with E-state index in [9.17, 15) is 9.59 Å². The van der Waals surface area contributed by atoms with Crippen LogP contribution in [0.4, 0.5) is 4.79 Å². The molecule has 2 amide bonds. The number of amides is 2. The average molecular weight is 455 g/mol. The summed E-state index contributed by atoms with van der Waals surface area (Å²) in [6.45, 7) is 6.71. The van der Waals surface area contributed by atoms with Crippen LogP contribution in [-0.4, -0.2) is 64.7 Å². The van der Waals surface area contributed by atoms with Crippen LogP contribution in [-0.2, 0) is 16.0 Å². The zero-order valence-corrected chi connectivity index (χ0v) is 19.4. The van der Waals surface area contributed by atoms with Gasteiger partial charge in [-0.1, -0.05) is 12.1 Å². The molecule has 2 aliphatic heterocycles. The molecule has 8 nitrogen and oxygen atoms in total. The number of thiazole rings is 1. The fourth-order valence-electron chi connectivity index (χ4n) is 4.14. The Morgan fingerprint density at radius 1 is 1.38 bits per heavy atom. The molecule has 9 heteroatoms. The molecule has 0 N–H and O–H groups in total. The van der Waals surface area contributed by atoms with Gasteiger partial charge in [0.05, 0.1) is 42.6 Å². The van der Waals surface area contributed by atoms with Crippen LogP contribution < -0.4 is 0 Å². The number of rotatable bonds is 4. The van der Waals surface area contributed by atoms with Gasteiger partial charge in [0.15, 0.2) is 0 Å². The Balaban J connectivity index is 1.50. The van der Waals surface area contributed by atoms with E-state index in [1.54, 1.807) is 29.0 Å². The molecule has 0 saturated carbocycles. The second-order valence-electron chi connectivity index (χ2n) is 9.05. The van der Waals surface area contributed by atoms with E-state index >= 15 is 0 Å². The van der Waals surface area contributed by atoms with Crippen molar-refractivity contribution < 1.29 is 19.1 Å². The largest absolute Gasteiger partial charge is 0.444 e. The van der Waals surface area contributed by atoms with Crippen molar-refractivity contribution in [1.82, 2.24) is 14.8 Å².